The van der Waals surface area contributed by atoms with Crippen molar-refractivity contribution in [3.8, 4) is 0 Å². The second kappa shape index (κ2) is 4.35. The minimum atomic E-state index is -3.76. The highest BCUT2D eigenvalue weighted by molar-refractivity contribution is 9.12. The van der Waals surface area contributed by atoms with E-state index in [9.17, 15) is 13.2 Å². The first-order valence-electron chi connectivity index (χ1n) is 4.14. The van der Waals surface area contributed by atoms with Gasteiger partial charge >= 0.3 is 0 Å². The number of alkyl halides is 2. The molecule has 1 unspecified atom stereocenters. The van der Waals surface area contributed by atoms with E-state index < -0.39 is 18.7 Å². The lowest BCUT2D eigenvalue weighted by Crippen LogP contribution is -2.34. The molecular weight excluding hydrogens is 318 g/mol. The number of sulfone groups is 1. The van der Waals surface area contributed by atoms with E-state index in [1.165, 1.54) is 24.3 Å². The number of carbonyl (C=O) groups excluding carboxylic acids is 1. The molecule has 0 saturated heterocycles. The van der Waals surface area contributed by atoms with E-state index in [-0.39, 0.29) is 5.56 Å². The first kappa shape index (κ1) is 13.5. The average molecular weight is 327 g/mol. The third-order valence-corrected chi connectivity index (χ3v) is 6.16. The maximum absolute atomic E-state index is 11.8. The number of rotatable bonds is 3. The largest absolute Gasteiger partial charge is 0.399 e. The Morgan fingerprint density at radius 2 is 1.81 bits per heavy atom. The minimum absolute atomic E-state index is 0.173. The zero-order chi connectivity index (χ0) is 12.6. The first-order chi connectivity index (χ1) is 7.16. The molecule has 0 aromatic heterocycles. The van der Waals surface area contributed by atoms with Gasteiger partial charge in [-0.3, -0.25) is 4.79 Å². The van der Waals surface area contributed by atoms with Crippen molar-refractivity contribution in [2.45, 2.75) is 3.12 Å². The Morgan fingerprint density at radius 3 is 2.19 bits per heavy atom. The summed E-state index contributed by atoms with van der Waals surface area (Å²) >= 11 is 8.40. The number of hydrogen-bond donors (Lipinski definition) is 1. The van der Waals surface area contributed by atoms with Crippen LogP contribution < -0.4 is 5.73 Å². The Balaban J connectivity index is 3.18. The van der Waals surface area contributed by atoms with Crippen molar-refractivity contribution in [2.24, 2.45) is 0 Å². The lowest BCUT2D eigenvalue weighted by molar-refractivity contribution is 0.1000. The normalized spacial score (nSPS) is 15.4. The molecule has 0 spiro atoms. The number of halogens is 2. The van der Waals surface area contributed by atoms with Gasteiger partial charge in [0.1, 0.15) is 0 Å². The Labute approximate surface area is 107 Å². The summed E-state index contributed by atoms with van der Waals surface area (Å²) in [5, 5.41) is 0. The Morgan fingerprint density at radius 1 is 1.38 bits per heavy atom. The summed E-state index contributed by atoms with van der Waals surface area (Å²) in [6, 6.07) is 5.83. The van der Waals surface area contributed by atoms with Crippen molar-refractivity contribution >= 4 is 48.8 Å². The molecule has 1 aromatic carbocycles. The molecule has 4 nitrogen and oxygen atoms in total. The third kappa shape index (κ3) is 2.56. The highest BCUT2D eigenvalue weighted by Crippen LogP contribution is 2.33. The lowest BCUT2D eigenvalue weighted by Gasteiger charge is -2.16. The monoisotopic (exact) mass is 325 g/mol. The van der Waals surface area contributed by atoms with Crippen LogP contribution in [0.1, 0.15) is 10.4 Å². The van der Waals surface area contributed by atoms with Gasteiger partial charge in [-0.2, -0.15) is 0 Å². The second-order valence-corrected chi connectivity index (χ2v) is 8.36. The van der Waals surface area contributed by atoms with E-state index in [0.717, 1.165) is 6.26 Å². The highest BCUT2D eigenvalue weighted by atomic mass is 79.9. The van der Waals surface area contributed by atoms with Crippen molar-refractivity contribution in [3.63, 3.8) is 0 Å². The summed E-state index contributed by atoms with van der Waals surface area (Å²) in [5.74, 6) is -0.739. The number of benzene rings is 1. The highest BCUT2D eigenvalue weighted by Gasteiger charge is 2.44. The quantitative estimate of drug-likeness (QED) is 0.522. The summed E-state index contributed by atoms with van der Waals surface area (Å²) in [5.41, 5.74) is 6.10. The van der Waals surface area contributed by atoms with Crippen LogP contribution in [0.5, 0.6) is 0 Å². The first-order valence-corrected chi connectivity index (χ1v) is 7.20. The van der Waals surface area contributed by atoms with Gasteiger partial charge in [-0.25, -0.2) is 8.42 Å². The van der Waals surface area contributed by atoms with Crippen molar-refractivity contribution < 1.29 is 13.2 Å². The van der Waals surface area contributed by atoms with Crippen LogP contribution in [0.2, 0.25) is 0 Å². The summed E-state index contributed by atoms with van der Waals surface area (Å²) in [6.45, 7) is 0. The molecule has 1 atom stereocenters. The van der Waals surface area contributed by atoms with E-state index in [1.807, 2.05) is 0 Å². The summed E-state index contributed by atoms with van der Waals surface area (Å²) in [7, 11) is -3.76. The van der Waals surface area contributed by atoms with Crippen molar-refractivity contribution in [2.75, 3.05) is 12.0 Å². The molecule has 88 valence electrons. The van der Waals surface area contributed by atoms with E-state index in [2.05, 4.69) is 15.9 Å². The minimum Gasteiger partial charge on any atom is -0.399 e. The number of Topliss-reactive ketones (excluding diaryl/α,β-unsaturated/α-hetero) is 1. The topological polar surface area (TPSA) is 77.2 Å². The molecule has 0 aliphatic heterocycles. The maximum atomic E-state index is 11.8. The predicted molar refractivity (Wildman–Crippen MR) is 67.5 cm³/mol. The predicted octanol–water partition coefficient (Wildman–Crippen LogP) is 1.78. The number of hydrogen-bond acceptors (Lipinski definition) is 4. The molecule has 0 heterocycles. The molecular formula is C9H9BrClNO3S. The van der Waals surface area contributed by atoms with Crippen LogP contribution in [0, 0.1) is 0 Å². The van der Waals surface area contributed by atoms with Crippen LogP contribution in [0.25, 0.3) is 0 Å². The fourth-order valence-electron chi connectivity index (χ4n) is 0.971. The number of nitrogen functional groups attached to an aromatic ring is 1. The molecule has 1 aromatic rings. The number of carbonyl (C=O) groups is 1. The summed E-state index contributed by atoms with van der Waals surface area (Å²) < 4.78 is 20.5. The second-order valence-electron chi connectivity index (χ2n) is 3.24. The van der Waals surface area contributed by atoms with Gasteiger partial charge in [0.25, 0.3) is 3.12 Å². The van der Waals surface area contributed by atoms with Crippen molar-refractivity contribution in [3.05, 3.63) is 29.8 Å². The Hall–Kier alpha value is -0.590. The van der Waals surface area contributed by atoms with E-state index in [1.54, 1.807) is 0 Å². The van der Waals surface area contributed by atoms with Crippen LogP contribution in [-0.2, 0) is 9.84 Å². The van der Waals surface area contributed by atoms with E-state index >= 15 is 0 Å². The fraction of sp³-hybridized carbons (Fsp3) is 0.222. The SMILES string of the molecule is CS(=O)(=O)C(Cl)(Br)C(=O)c1ccc(N)cc1. The van der Waals surface area contributed by atoms with Gasteiger partial charge in [0.2, 0.25) is 5.78 Å². The Kier molecular flexibility index (Phi) is 3.66. The molecule has 0 amide bonds. The molecule has 0 radical (unpaired) electrons. The van der Waals surface area contributed by atoms with Crippen LogP contribution >= 0.6 is 27.5 Å². The van der Waals surface area contributed by atoms with Crippen LogP contribution in [0.4, 0.5) is 5.69 Å². The number of ketones is 1. The summed E-state index contributed by atoms with van der Waals surface area (Å²) in [6.07, 6.45) is 0.879. The van der Waals surface area contributed by atoms with Crippen LogP contribution in [0.3, 0.4) is 0 Å². The van der Waals surface area contributed by atoms with Gasteiger partial charge in [-0.15, -0.1) is 0 Å². The molecule has 0 aliphatic carbocycles. The summed E-state index contributed by atoms with van der Waals surface area (Å²) in [4.78, 5) is 11.8. The van der Waals surface area contributed by atoms with Gasteiger partial charge in [0.15, 0.2) is 9.84 Å². The Bertz CT molecular complexity index is 510. The maximum Gasteiger partial charge on any atom is 0.261 e. The zero-order valence-corrected chi connectivity index (χ0v) is 11.4. The van der Waals surface area contributed by atoms with E-state index in [4.69, 9.17) is 17.3 Å². The lowest BCUT2D eigenvalue weighted by atomic mass is 10.1. The molecule has 0 fully saturated rings. The molecule has 2 N–H and O–H groups in total. The number of anilines is 1. The van der Waals surface area contributed by atoms with Crippen molar-refractivity contribution in [1.29, 1.82) is 0 Å². The third-order valence-electron chi connectivity index (χ3n) is 1.90. The van der Waals surface area contributed by atoms with E-state index in [0.29, 0.717) is 5.69 Å². The molecule has 0 saturated carbocycles. The molecule has 16 heavy (non-hydrogen) atoms. The molecule has 0 bridgehead atoms. The average Bonchev–Trinajstić information content (AvgIpc) is 2.16. The molecule has 0 aliphatic rings. The zero-order valence-electron chi connectivity index (χ0n) is 8.28. The van der Waals surface area contributed by atoms with Gasteiger partial charge in [-0.05, 0) is 40.2 Å². The van der Waals surface area contributed by atoms with Crippen LogP contribution in [-0.4, -0.2) is 23.6 Å². The standard InChI is InChI=1S/C9H9BrClNO3S/c1-16(14,15)9(10,11)8(13)6-2-4-7(12)5-3-6/h2-5H,12H2,1H3. The van der Waals surface area contributed by atoms with Gasteiger partial charge in [0.05, 0.1) is 0 Å². The van der Waals surface area contributed by atoms with Gasteiger partial charge in [-0.1, -0.05) is 11.6 Å². The number of nitrogens with two attached hydrogens (primary N) is 1. The molecule has 1 rings (SSSR count). The molecule has 7 heteroatoms. The fourth-order valence-corrected chi connectivity index (χ4v) is 1.76. The smallest absolute Gasteiger partial charge is 0.261 e. The van der Waals surface area contributed by atoms with Gasteiger partial charge in [0, 0.05) is 17.5 Å². The van der Waals surface area contributed by atoms with Crippen molar-refractivity contribution in [1.82, 2.24) is 0 Å². The van der Waals surface area contributed by atoms with Crippen LogP contribution in [0.15, 0.2) is 24.3 Å². The van der Waals surface area contributed by atoms with Gasteiger partial charge < -0.3 is 5.73 Å².